The van der Waals surface area contributed by atoms with Crippen molar-refractivity contribution in [2.45, 2.75) is 84.7 Å². The van der Waals surface area contributed by atoms with Crippen molar-refractivity contribution in [1.29, 1.82) is 0 Å². The second kappa shape index (κ2) is 20.9. The third-order valence-electron chi connectivity index (χ3n) is 7.81. The summed E-state index contributed by atoms with van der Waals surface area (Å²) in [5.74, 6) is -6.26. The van der Waals surface area contributed by atoms with Gasteiger partial charge in [-0.1, -0.05) is 39.8 Å². The van der Waals surface area contributed by atoms with Gasteiger partial charge in [-0.3, -0.25) is 42.7 Å². The van der Waals surface area contributed by atoms with Crippen LogP contribution in [0.5, 0.6) is 0 Å². The van der Waals surface area contributed by atoms with Crippen LogP contribution in [0.3, 0.4) is 0 Å². The summed E-state index contributed by atoms with van der Waals surface area (Å²) in [6.07, 6.45) is 0.773. The molecule has 54 heavy (non-hydrogen) atoms. The second-order valence-electron chi connectivity index (χ2n) is 13.0. The van der Waals surface area contributed by atoms with Crippen molar-refractivity contribution in [3.8, 4) is 0 Å². The first-order valence-corrected chi connectivity index (χ1v) is 18.4. The molecule has 1 aliphatic heterocycles. The molecule has 2 rings (SSSR count). The summed E-state index contributed by atoms with van der Waals surface area (Å²) in [7, 11) is -4.84. The van der Waals surface area contributed by atoms with Crippen LogP contribution in [0.15, 0.2) is 36.4 Å². The molecule has 0 saturated carbocycles. The summed E-state index contributed by atoms with van der Waals surface area (Å²) >= 11 is 0. The molecule has 1 aliphatic rings. The number of anilines is 1. The van der Waals surface area contributed by atoms with Crippen LogP contribution < -0.4 is 32.3 Å². The number of carboxylic acid groups (broad SMARTS) is 1. The lowest BCUT2D eigenvalue weighted by Gasteiger charge is -2.28. The van der Waals surface area contributed by atoms with E-state index in [4.69, 9.17) is 14.8 Å². The van der Waals surface area contributed by atoms with Crippen LogP contribution in [-0.2, 0) is 53.8 Å². The monoisotopic (exact) mass is 781 g/mol. The van der Waals surface area contributed by atoms with Crippen molar-refractivity contribution in [2.24, 2.45) is 17.6 Å². The molecule has 1 aromatic rings. The van der Waals surface area contributed by atoms with Crippen LogP contribution in [0.25, 0.3) is 0 Å². The molecule has 1 heterocycles. The number of carbonyl (C=O) groups excluding carboxylic acids is 7. The average Bonchev–Trinajstić information content (AvgIpc) is 3.40. The maximum absolute atomic E-state index is 13.4. The Morgan fingerprint density at radius 1 is 0.889 bits per heavy atom. The summed E-state index contributed by atoms with van der Waals surface area (Å²) in [5.41, 5.74) is 5.73. The van der Waals surface area contributed by atoms with Gasteiger partial charge in [0.05, 0.1) is 6.61 Å². The van der Waals surface area contributed by atoms with Gasteiger partial charge in [0.1, 0.15) is 18.2 Å². The first kappa shape index (κ1) is 45.0. The highest BCUT2D eigenvalue weighted by Crippen LogP contribution is 2.47. The number of rotatable bonds is 22. The van der Waals surface area contributed by atoms with Crippen molar-refractivity contribution in [3.05, 3.63) is 42.0 Å². The van der Waals surface area contributed by atoms with E-state index in [-0.39, 0.29) is 38.0 Å². The fourth-order valence-electron chi connectivity index (χ4n) is 5.02. The molecule has 0 spiro atoms. The second-order valence-corrected chi connectivity index (χ2v) is 14.4. The molecule has 0 aliphatic carbocycles. The summed E-state index contributed by atoms with van der Waals surface area (Å²) in [5, 5.41) is 22.0. The normalized spacial score (nSPS) is 15.9. The molecule has 0 saturated heterocycles. The van der Waals surface area contributed by atoms with Gasteiger partial charge in [0.2, 0.25) is 23.6 Å². The van der Waals surface area contributed by atoms with E-state index in [0.29, 0.717) is 5.56 Å². The number of imide groups is 1. The Balaban J connectivity index is 2.08. The third kappa shape index (κ3) is 15.1. The highest BCUT2D eigenvalue weighted by atomic mass is 31.2. The lowest BCUT2D eigenvalue weighted by atomic mass is 10.00. The number of benzene rings is 1. The SMILES string of the molecule is CC(=O)N[C@H](C(=O)O)[C@H](OP(=O)(O)OCc1ccc(NC(=O)[C@H](CCCNC(N)=O)NC(=O)[C@@H](NC(=O)CCN2C(=O)C=CC2=O)C(C)C)cc1)C(C)C. The largest absolute Gasteiger partial charge is 0.480 e. The van der Waals surface area contributed by atoms with E-state index in [1.807, 2.05) is 0 Å². The van der Waals surface area contributed by atoms with Gasteiger partial charge in [-0.15, -0.1) is 0 Å². The number of nitrogens with two attached hydrogens (primary N) is 1. The van der Waals surface area contributed by atoms with Crippen LogP contribution in [0, 0.1) is 11.8 Å². The fourth-order valence-corrected chi connectivity index (χ4v) is 6.06. The number of nitrogens with one attached hydrogen (secondary N) is 5. The Morgan fingerprint density at radius 3 is 2.02 bits per heavy atom. The van der Waals surface area contributed by atoms with E-state index in [1.165, 1.54) is 38.1 Å². The van der Waals surface area contributed by atoms with E-state index in [1.54, 1.807) is 13.8 Å². The number of urea groups is 1. The molecule has 5 atom stereocenters. The van der Waals surface area contributed by atoms with Crippen LogP contribution in [0.2, 0.25) is 0 Å². The molecule has 8 amide bonds. The summed E-state index contributed by atoms with van der Waals surface area (Å²) in [6.45, 7) is 6.95. The number of phosphoric acid groups is 1. The third-order valence-corrected chi connectivity index (χ3v) is 8.78. The van der Waals surface area contributed by atoms with E-state index in [0.717, 1.165) is 24.0 Å². The maximum Gasteiger partial charge on any atom is 0.472 e. The van der Waals surface area contributed by atoms with Crippen LogP contribution in [0.1, 0.15) is 59.4 Å². The van der Waals surface area contributed by atoms with Crippen molar-refractivity contribution in [2.75, 3.05) is 18.4 Å². The van der Waals surface area contributed by atoms with Gasteiger partial charge in [-0.2, -0.15) is 0 Å². The molecular formula is C33H48N7O13P. The van der Waals surface area contributed by atoms with Crippen molar-refractivity contribution >= 4 is 61.0 Å². The molecule has 0 bridgehead atoms. The molecule has 9 N–H and O–H groups in total. The molecule has 20 nitrogen and oxygen atoms in total. The number of primary amides is 1. The molecule has 1 aromatic carbocycles. The van der Waals surface area contributed by atoms with E-state index >= 15 is 0 Å². The number of hydrogen-bond donors (Lipinski definition) is 8. The van der Waals surface area contributed by atoms with Gasteiger partial charge in [-0.25, -0.2) is 14.2 Å². The smallest absolute Gasteiger partial charge is 0.472 e. The zero-order valence-corrected chi connectivity index (χ0v) is 31.4. The highest BCUT2D eigenvalue weighted by Gasteiger charge is 2.38. The van der Waals surface area contributed by atoms with Gasteiger partial charge in [-0.05, 0) is 42.4 Å². The summed E-state index contributed by atoms with van der Waals surface area (Å²) in [4.78, 5) is 109. The Bertz CT molecular complexity index is 1620. The van der Waals surface area contributed by atoms with E-state index < -0.39 is 97.9 Å². The summed E-state index contributed by atoms with van der Waals surface area (Å²) in [6, 6.07) is 1.16. The fraction of sp³-hybridized carbons (Fsp3) is 0.515. The standard InChI is InChI=1S/C33H48N7O13P/c1-18(2)27(39-24(42)14-16-40-25(43)12-13-26(40)44)31(46)38-23(7-6-15-35-33(34)49)30(45)37-22-10-8-21(9-11-22)17-52-54(50,51)53-29(19(3)4)28(32(47)48)36-20(5)41/h8-13,18-19,23,27-29H,6-7,14-17H2,1-5H3,(H,36,41)(H,37,45)(H,38,46)(H,39,42)(H,47,48)(H,50,51)(H3,34,35,49)/t23-,27-,28-,29+/m0/s1. The Morgan fingerprint density at radius 2 is 1.50 bits per heavy atom. The number of carbonyl (C=O) groups is 8. The zero-order chi connectivity index (χ0) is 40.7. The van der Waals surface area contributed by atoms with Gasteiger partial charge >= 0.3 is 19.8 Å². The van der Waals surface area contributed by atoms with Crippen molar-refractivity contribution in [3.63, 3.8) is 0 Å². The van der Waals surface area contributed by atoms with Crippen LogP contribution in [0.4, 0.5) is 10.5 Å². The minimum atomic E-state index is -4.84. The number of aliphatic carboxylic acids is 1. The van der Waals surface area contributed by atoms with Gasteiger partial charge in [0, 0.05) is 44.3 Å². The zero-order valence-electron chi connectivity index (χ0n) is 30.5. The van der Waals surface area contributed by atoms with E-state index in [2.05, 4.69) is 26.6 Å². The molecule has 0 radical (unpaired) electrons. The predicted molar refractivity (Wildman–Crippen MR) is 191 cm³/mol. The topological polar surface area (TPSA) is 302 Å². The quantitative estimate of drug-likeness (QED) is 0.0446. The lowest BCUT2D eigenvalue weighted by Crippen LogP contribution is -2.54. The van der Waals surface area contributed by atoms with Crippen molar-refractivity contribution in [1.82, 2.24) is 26.2 Å². The van der Waals surface area contributed by atoms with E-state index in [9.17, 15) is 52.9 Å². The number of hydrogen-bond acceptors (Lipinski definition) is 11. The lowest BCUT2D eigenvalue weighted by molar-refractivity contribution is -0.145. The minimum Gasteiger partial charge on any atom is -0.480 e. The van der Waals surface area contributed by atoms with Crippen molar-refractivity contribution < 1.29 is 62.0 Å². The molecule has 0 fully saturated rings. The molecule has 21 heteroatoms. The Hall–Kier alpha value is -5.17. The van der Waals surface area contributed by atoms with Gasteiger partial charge in [0.25, 0.3) is 11.8 Å². The first-order chi connectivity index (χ1) is 25.2. The van der Waals surface area contributed by atoms with Gasteiger partial charge in [0.15, 0.2) is 6.04 Å². The predicted octanol–water partition coefficient (Wildman–Crippen LogP) is 0.262. The molecule has 298 valence electrons. The maximum atomic E-state index is 13.4. The number of carboxylic acids is 1. The number of amides is 8. The Kier molecular flexibility index (Phi) is 17.4. The molecular weight excluding hydrogens is 733 g/mol. The van der Waals surface area contributed by atoms with Gasteiger partial charge < -0.3 is 42.3 Å². The molecule has 1 unspecified atom stereocenters. The number of phosphoric ester groups is 1. The molecule has 0 aromatic heterocycles. The van der Waals surface area contributed by atoms with Crippen LogP contribution >= 0.6 is 7.82 Å². The first-order valence-electron chi connectivity index (χ1n) is 16.9. The highest BCUT2D eigenvalue weighted by molar-refractivity contribution is 7.47. The average molecular weight is 782 g/mol. The number of nitrogens with zero attached hydrogens (tertiary/aromatic N) is 1. The van der Waals surface area contributed by atoms with Crippen LogP contribution in [-0.4, -0.2) is 99.7 Å². The summed E-state index contributed by atoms with van der Waals surface area (Å²) < 4.78 is 22.9. The Labute approximate surface area is 311 Å². The minimum absolute atomic E-state index is 0.0442.